The van der Waals surface area contributed by atoms with Gasteiger partial charge in [-0.3, -0.25) is 4.79 Å². The molecule has 0 N–H and O–H groups in total. The van der Waals surface area contributed by atoms with Crippen LogP contribution in [-0.4, -0.2) is 104 Å². The van der Waals surface area contributed by atoms with Crippen LogP contribution in [0.5, 0.6) is 6.01 Å². The van der Waals surface area contributed by atoms with Gasteiger partial charge in [-0.1, -0.05) is 36.9 Å². The minimum Gasteiger partial charge on any atom is -0.463 e. The summed E-state index contributed by atoms with van der Waals surface area (Å²) in [6, 6.07) is 13.3. The zero-order chi connectivity index (χ0) is 30.8. The summed E-state index contributed by atoms with van der Waals surface area (Å²) in [5.74, 6) is 0.938. The number of hydrogen-bond donors (Lipinski definition) is 0. The number of aromatic nitrogens is 2. The lowest BCUT2D eigenvalue weighted by Crippen LogP contribution is -2.56. The zero-order valence-corrected chi connectivity index (χ0v) is 25.9. The van der Waals surface area contributed by atoms with Crippen LogP contribution in [0.2, 0.25) is 0 Å². The first kappa shape index (κ1) is 29.9. The van der Waals surface area contributed by atoms with Crippen molar-refractivity contribution in [3.05, 3.63) is 77.3 Å². The molecular weight excluding hydrogens is 554 g/mol. The van der Waals surface area contributed by atoms with E-state index in [-0.39, 0.29) is 30.5 Å². The van der Waals surface area contributed by atoms with E-state index in [1.165, 1.54) is 28.1 Å². The van der Waals surface area contributed by atoms with Gasteiger partial charge in [-0.15, -0.1) is 0 Å². The molecule has 1 amide bonds. The fourth-order valence-electron chi connectivity index (χ4n) is 6.90. The second-order valence-corrected chi connectivity index (χ2v) is 12.2. The van der Waals surface area contributed by atoms with Gasteiger partial charge in [0.2, 0.25) is 12.5 Å². The highest BCUT2D eigenvalue weighted by Gasteiger charge is 2.35. The third kappa shape index (κ3) is 5.82. The number of nitrogens with zero attached hydrogens (tertiary/aromatic N) is 7. The zero-order valence-electron chi connectivity index (χ0n) is 25.9. The number of aryl methyl sites for hydroxylation is 1. The topological polar surface area (TPSA) is 78.6 Å². The van der Waals surface area contributed by atoms with Crippen LogP contribution in [0.4, 0.5) is 11.5 Å². The molecule has 0 radical (unpaired) electrons. The summed E-state index contributed by atoms with van der Waals surface area (Å²) < 4.78 is 12.1. The average molecular weight is 596 g/mol. The molecule has 1 aromatic heterocycles. The molecule has 4 heterocycles. The van der Waals surface area contributed by atoms with Gasteiger partial charge in [0, 0.05) is 54.8 Å². The molecule has 6 rings (SSSR count). The normalized spacial score (nSPS) is 21.8. The van der Waals surface area contributed by atoms with Gasteiger partial charge < -0.3 is 33.9 Å². The number of rotatable bonds is 8. The lowest BCUT2D eigenvalue weighted by molar-refractivity contribution is -0.128. The maximum Gasteiger partial charge on any atom is 0.318 e. The summed E-state index contributed by atoms with van der Waals surface area (Å²) in [5, 5.41) is 2.50. The predicted octanol–water partition coefficient (Wildman–Crippen LogP) is 3.58. The molecule has 3 atom stereocenters. The van der Waals surface area contributed by atoms with E-state index in [2.05, 4.69) is 83.5 Å². The largest absolute Gasteiger partial charge is 0.463 e. The van der Waals surface area contributed by atoms with Crippen LogP contribution in [0.3, 0.4) is 0 Å². The fourth-order valence-corrected chi connectivity index (χ4v) is 6.90. The van der Waals surface area contributed by atoms with Gasteiger partial charge in [0.15, 0.2) is 0 Å². The maximum absolute atomic E-state index is 12.6. The SMILES string of the molecule is [C-]#[N+]C[C@H]1CN(c2nc(OC[C@@H]3COC[C@@H]3N(C)C)nc3c2CCN(c2cccc4cccc(C)c24)C3)CCN1C(=O)C=C. The Bertz CT molecular complexity index is 1580. The van der Waals surface area contributed by atoms with Gasteiger partial charge in [-0.2, -0.15) is 9.97 Å². The molecule has 2 aromatic carbocycles. The van der Waals surface area contributed by atoms with Crippen LogP contribution in [-0.2, 0) is 22.5 Å². The van der Waals surface area contributed by atoms with E-state index in [4.69, 9.17) is 26.0 Å². The van der Waals surface area contributed by atoms with Crippen LogP contribution in [0.1, 0.15) is 16.8 Å². The van der Waals surface area contributed by atoms with Crippen molar-refractivity contribution in [2.24, 2.45) is 5.92 Å². The van der Waals surface area contributed by atoms with E-state index in [1.807, 2.05) is 0 Å². The van der Waals surface area contributed by atoms with Crippen LogP contribution in [0.15, 0.2) is 49.1 Å². The van der Waals surface area contributed by atoms with Gasteiger partial charge in [0.25, 0.3) is 0 Å². The number of likely N-dealkylation sites (N-methyl/N-ethyl adjacent to an activating group) is 1. The highest BCUT2D eigenvalue weighted by molar-refractivity contribution is 5.97. The molecule has 3 aliphatic rings. The summed E-state index contributed by atoms with van der Waals surface area (Å²) in [4.78, 5) is 34.8. The molecule has 0 unspecified atom stereocenters. The van der Waals surface area contributed by atoms with Gasteiger partial charge in [0.1, 0.15) is 11.9 Å². The van der Waals surface area contributed by atoms with Crippen molar-refractivity contribution >= 4 is 28.2 Å². The summed E-state index contributed by atoms with van der Waals surface area (Å²) in [5.41, 5.74) is 4.54. The molecule has 0 aliphatic carbocycles. The molecule has 0 spiro atoms. The van der Waals surface area contributed by atoms with Crippen molar-refractivity contribution in [2.75, 3.05) is 76.4 Å². The lowest BCUT2D eigenvalue weighted by Gasteiger charge is -2.41. The Balaban J connectivity index is 1.34. The van der Waals surface area contributed by atoms with Crippen molar-refractivity contribution in [1.82, 2.24) is 19.8 Å². The van der Waals surface area contributed by atoms with E-state index in [1.54, 1.807) is 4.90 Å². The third-order valence-corrected chi connectivity index (χ3v) is 9.25. The lowest BCUT2D eigenvalue weighted by atomic mass is 9.99. The van der Waals surface area contributed by atoms with Gasteiger partial charge in [0.05, 0.1) is 32.1 Å². The Morgan fingerprint density at radius 1 is 1.16 bits per heavy atom. The highest BCUT2D eigenvalue weighted by Crippen LogP contribution is 2.36. The number of carbonyl (C=O) groups excluding carboxylic acids is 1. The van der Waals surface area contributed by atoms with E-state index in [9.17, 15) is 4.79 Å². The van der Waals surface area contributed by atoms with Crippen molar-refractivity contribution in [1.29, 1.82) is 0 Å². The number of hydrogen-bond acceptors (Lipinski definition) is 8. The first-order chi connectivity index (χ1) is 21.4. The molecule has 3 aliphatic heterocycles. The number of ether oxygens (including phenoxy) is 2. The number of benzene rings is 2. The smallest absolute Gasteiger partial charge is 0.318 e. The van der Waals surface area contributed by atoms with Gasteiger partial charge in [-0.25, -0.2) is 6.57 Å². The Labute approximate surface area is 259 Å². The summed E-state index contributed by atoms with van der Waals surface area (Å²) in [7, 11) is 4.14. The molecule has 230 valence electrons. The molecule has 3 aromatic rings. The molecular formula is C34H41N7O3. The fraction of sp³-hybridized carbons (Fsp3) is 0.471. The highest BCUT2D eigenvalue weighted by atomic mass is 16.5. The van der Waals surface area contributed by atoms with E-state index in [0.29, 0.717) is 52.0 Å². The van der Waals surface area contributed by atoms with Gasteiger partial charge in [-0.05, 0) is 50.5 Å². The molecule has 2 saturated heterocycles. The van der Waals surface area contributed by atoms with Crippen molar-refractivity contribution in [3.63, 3.8) is 0 Å². The third-order valence-electron chi connectivity index (χ3n) is 9.25. The summed E-state index contributed by atoms with van der Waals surface area (Å²) in [6.07, 6.45) is 2.12. The molecule has 44 heavy (non-hydrogen) atoms. The van der Waals surface area contributed by atoms with Crippen molar-refractivity contribution in [2.45, 2.75) is 32.0 Å². The van der Waals surface area contributed by atoms with E-state index in [0.717, 1.165) is 30.0 Å². The Morgan fingerprint density at radius 2 is 1.98 bits per heavy atom. The minimum atomic E-state index is -0.239. The maximum atomic E-state index is 12.6. The van der Waals surface area contributed by atoms with E-state index < -0.39 is 0 Å². The minimum absolute atomic E-state index is 0.137. The average Bonchev–Trinajstić information content (AvgIpc) is 3.52. The molecule has 0 bridgehead atoms. The molecule has 0 saturated carbocycles. The number of anilines is 2. The molecule has 10 heteroatoms. The van der Waals surface area contributed by atoms with Crippen LogP contribution in [0, 0.1) is 19.4 Å². The number of carbonyl (C=O) groups is 1. The Kier molecular flexibility index (Phi) is 8.69. The Morgan fingerprint density at radius 3 is 2.75 bits per heavy atom. The monoisotopic (exact) mass is 595 g/mol. The number of piperazine rings is 1. The number of amides is 1. The first-order valence-corrected chi connectivity index (χ1v) is 15.4. The van der Waals surface area contributed by atoms with Crippen molar-refractivity contribution < 1.29 is 14.3 Å². The van der Waals surface area contributed by atoms with Crippen LogP contribution >= 0.6 is 0 Å². The standard InChI is InChI=1S/C34H41N7O3/c1-6-31(42)41-16-15-40(18-26(41)17-35-3)33-27-13-14-39(29-12-8-11-24-10-7-9-23(2)32(24)29)19-28(27)36-34(37-33)44-21-25-20-43-22-30(25)38(4)5/h6-12,25-26,30H,1,13-22H2,2,4-5H3/t25-,26-,30-/m0/s1. The van der Waals surface area contributed by atoms with Crippen molar-refractivity contribution in [3.8, 4) is 6.01 Å². The quantitative estimate of drug-likeness (QED) is 0.289. The Hall–Kier alpha value is -4.20. The summed E-state index contributed by atoms with van der Waals surface area (Å²) in [6.45, 7) is 18.5. The van der Waals surface area contributed by atoms with Crippen LogP contribution < -0.4 is 14.5 Å². The molecule has 2 fully saturated rings. The second kappa shape index (κ2) is 12.8. The summed E-state index contributed by atoms with van der Waals surface area (Å²) >= 11 is 0. The first-order valence-electron chi connectivity index (χ1n) is 15.4. The predicted molar refractivity (Wildman–Crippen MR) is 172 cm³/mol. The van der Waals surface area contributed by atoms with E-state index >= 15 is 0 Å². The van der Waals surface area contributed by atoms with Crippen LogP contribution in [0.25, 0.3) is 15.6 Å². The number of fused-ring (bicyclic) bond motifs is 2. The van der Waals surface area contributed by atoms with Gasteiger partial charge >= 0.3 is 6.01 Å². The second-order valence-electron chi connectivity index (χ2n) is 12.2. The molecule has 10 nitrogen and oxygen atoms in total.